The Balaban J connectivity index is 1.69. The van der Waals surface area contributed by atoms with E-state index < -0.39 is 10.0 Å². The maximum absolute atomic E-state index is 13.1. The highest BCUT2D eigenvalue weighted by Crippen LogP contribution is 2.32. The van der Waals surface area contributed by atoms with E-state index in [9.17, 15) is 13.2 Å². The molecule has 1 aliphatic rings. The van der Waals surface area contributed by atoms with E-state index in [0.717, 1.165) is 16.9 Å². The molecule has 0 N–H and O–H groups in total. The Hall–Kier alpha value is -1.72. The molecular formula is C17H19ClN4O4S2. The van der Waals surface area contributed by atoms with E-state index in [1.165, 1.54) is 10.4 Å². The summed E-state index contributed by atoms with van der Waals surface area (Å²) in [7, 11) is -2.05. The largest absolute Gasteiger partial charge is 0.383 e. The van der Waals surface area contributed by atoms with Crippen molar-refractivity contribution in [3.05, 3.63) is 45.3 Å². The number of rotatable bonds is 6. The second kappa shape index (κ2) is 7.60. The van der Waals surface area contributed by atoms with Crippen LogP contribution in [0.3, 0.4) is 0 Å². The molecule has 0 bridgehead atoms. The minimum Gasteiger partial charge on any atom is -0.383 e. The van der Waals surface area contributed by atoms with Crippen LogP contribution in [0, 0.1) is 0 Å². The first-order valence-electron chi connectivity index (χ1n) is 8.73. The number of thiophene rings is 1. The number of hydrogen-bond donors (Lipinski definition) is 0. The number of hydrogen-bond acceptors (Lipinski definition) is 6. The number of imidazole rings is 1. The Morgan fingerprint density at radius 1 is 1.36 bits per heavy atom. The summed E-state index contributed by atoms with van der Waals surface area (Å²) in [6.45, 7) is 1.37. The molecule has 1 fully saturated rings. The fourth-order valence-corrected chi connectivity index (χ4v) is 6.67. The van der Waals surface area contributed by atoms with Crippen LogP contribution in [0.25, 0.3) is 11.2 Å². The zero-order valence-corrected chi connectivity index (χ0v) is 17.5. The summed E-state index contributed by atoms with van der Waals surface area (Å²) < 4.78 is 36.1. The molecule has 28 heavy (non-hydrogen) atoms. The molecule has 8 nitrogen and oxygen atoms in total. The van der Waals surface area contributed by atoms with Gasteiger partial charge in [-0.25, -0.2) is 18.2 Å². The summed E-state index contributed by atoms with van der Waals surface area (Å²) in [5, 5.41) is 0. The van der Waals surface area contributed by atoms with E-state index >= 15 is 0 Å². The average Bonchev–Trinajstić information content (AvgIpc) is 3.38. The topological polar surface area (TPSA) is 86.4 Å². The van der Waals surface area contributed by atoms with Gasteiger partial charge in [0.25, 0.3) is 10.0 Å². The highest BCUT2D eigenvalue weighted by Gasteiger charge is 2.36. The molecule has 0 unspecified atom stereocenters. The lowest BCUT2D eigenvalue weighted by Crippen LogP contribution is -2.32. The van der Waals surface area contributed by atoms with Gasteiger partial charge in [0.1, 0.15) is 4.21 Å². The Bertz CT molecular complexity index is 1170. The van der Waals surface area contributed by atoms with Crippen molar-refractivity contribution < 1.29 is 13.2 Å². The first kappa shape index (κ1) is 19.6. The first-order valence-corrected chi connectivity index (χ1v) is 11.4. The van der Waals surface area contributed by atoms with Crippen molar-refractivity contribution in [2.45, 2.75) is 23.2 Å². The van der Waals surface area contributed by atoms with Gasteiger partial charge in [-0.2, -0.15) is 4.31 Å². The Morgan fingerprint density at radius 2 is 2.18 bits per heavy atom. The highest BCUT2D eigenvalue weighted by molar-refractivity contribution is 7.91. The van der Waals surface area contributed by atoms with Gasteiger partial charge < -0.3 is 4.74 Å². The lowest BCUT2D eigenvalue weighted by Gasteiger charge is -2.16. The van der Waals surface area contributed by atoms with Crippen LogP contribution in [0.15, 0.2) is 39.5 Å². The summed E-state index contributed by atoms with van der Waals surface area (Å²) in [6.07, 6.45) is 2.17. The van der Waals surface area contributed by atoms with Crippen molar-refractivity contribution >= 4 is 44.1 Å². The maximum atomic E-state index is 13.1. The predicted molar refractivity (Wildman–Crippen MR) is 108 cm³/mol. The molecule has 4 rings (SSSR count). The quantitative estimate of drug-likeness (QED) is 0.584. The van der Waals surface area contributed by atoms with Crippen LogP contribution in [-0.2, 0) is 21.3 Å². The van der Waals surface area contributed by atoms with Gasteiger partial charge in [-0.3, -0.25) is 9.13 Å². The smallest absolute Gasteiger partial charge is 0.330 e. The summed E-state index contributed by atoms with van der Waals surface area (Å²) in [6, 6.07) is 6.43. The Labute approximate surface area is 171 Å². The molecule has 1 aliphatic heterocycles. The molecule has 0 radical (unpaired) electrons. The van der Waals surface area contributed by atoms with Gasteiger partial charge in [-0.15, -0.1) is 11.3 Å². The van der Waals surface area contributed by atoms with E-state index in [4.69, 9.17) is 16.3 Å². The van der Waals surface area contributed by atoms with Crippen LogP contribution in [0.2, 0.25) is 4.34 Å². The average molecular weight is 443 g/mol. The van der Waals surface area contributed by atoms with Gasteiger partial charge in [0.15, 0.2) is 5.65 Å². The predicted octanol–water partition coefficient (Wildman–Crippen LogP) is 2.20. The third-order valence-corrected chi connectivity index (χ3v) is 8.44. The number of halogens is 1. The summed E-state index contributed by atoms with van der Waals surface area (Å²) in [4.78, 5) is 17.4. The highest BCUT2D eigenvalue weighted by atomic mass is 35.5. The third-order valence-electron chi connectivity index (χ3n) is 4.88. The van der Waals surface area contributed by atoms with Crippen LogP contribution < -0.4 is 5.69 Å². The van der Waals surface area contributed by atoms with E-state index in [1.807, 2.05) is 6.07 Å². The van der Waals surface area contributed by atoms with Gasteiger partial charge in [-0.05, 0) is 30.7 Å². The van der Waals surface area contributed by atoms with Crippen LogP contribution in [0.5, 0.6) is 0 Å². The van der Waals surface area contributed by atoms with Gasteiger partial charge in [-0.1, -0.05) is 11.6 Å². The van der Waals surface area contributed by atoms with Gasteiger partial charge in [0.05, 0.1) is 29.0 Å². The molecule has 0 aromatic carbocycles. The fourth-order valence-electron chi connectivity index (χ4n) is 3.54. The van der Waals surface area contributed by atoms with Gasteiger partial charge in [0, 0.05) is 26.4 Å². The number of aromatic nitrogens is 3. The monoisotopic (exact) mass is 442 g/mol. The normalized spacial score (nSPS) is 18.3. The second-order valence-electron chi connectivity index (χ2n) is 6.51. The fraction of sp³-hybridized carbons (Fsp3) is 0.412. The van der Waals surface area contributed by atoms with Crippen LogP contribution in [0.4, 0.5) is 0 Å². The molecule has 3 aromatic heterocycles. The molecular weight excluding hydrogens is 424 g/mol. The standard InChI is InChI=1S/C17H19ClN4O4S2/c1-26-10-9-21-13-3-2-7-19-16(13)22(17(21)23)12-6-8-20(11-12)28(24,25)15-5-4-14(18)27-15/h2-5,7,12H,6,8-11H2,1H3/t12-/m1/s1. The Morgan fingerprint density at radius 3 is 2.89 bits per heavy atom. The van der Waals surface area contributed by atoms with Crippen LogP contribution in [0.1, 0.15) is 12.5 Å². The van der Waals surface area contributed by atoms with Crippen LogP contribution in [-0.4, -0.2) is 53.6 Å². The summed E-state index contributed by atoms with van der Waals surface area (Å²) in [5.74, 6) is 0. The zero-order valence-electron chi connectivity index (χ0n) is 15.1. The first-order chi connectivity index (χ1) is 13.4. The zero-order chi connectivity index (χ0) is 19.9. The second-order valence-corrected chi connectivity index (χ2v) is 10.4. The minimum atomic E-state index is -3.63. The van der Waals surface area contributed by atoms with Crippen molar-refractivity contribution in [2.75, 3.05) is 26.8 Å². The van der Waals surface area contributed by atoms with E-state index in [2.05, 4.69) is 4.98 Å². The molecule has 0 spiro atoms. The van der Waals surface area contributed by atoms with Crippen molar-refractivity contribution in [2.24, 2.45) is 0 Å². The molecule has 1 atom stereocenters. The molecule has 0 aliphatic carbocycles. The van der Waals surface area contributed by atoms with Crippen molar-refractivity contribution in [3.8, 4) is 0 Å². The molecule has 4 heterocycles. The van der Waals surface area contributed by atoms with E-state index in [0.29, 0.717) is 36.1 Å². The molecule has 11 heteroatoms. The van der Waals surface area contributed by atoms with Crippen molar-refractivity contribution in [1.29, 1.82) is 0 Å². The molecule has 150 valence electrons. The maximum Gasteiger partial charge on any atom is 0.330 e. The van der Waals surface area contributed by atoms with Gasteiger partial charge in [0.2, 0.25) is 0 Å². The number of methoxy groups -OCH3 is 1. The number of nitrogens with zero attached hydrogens (tertiary/aromatic N) is 4. The SMILES string of the molecule is COCCn1c(=O)n([C@@H]2CCN(S(=O)(=O)c3ccc(Cl)s3)C2)c2ncccc21. The molecule has 3 aromatic rings. The molecule has 0 saturated carbocycles. The molecule has 0 amide bonds. The minimum absolute atomic E-state index is 0.200. The van der Waals surface area contributed by atoms with Crippen molar-refractivity contribution in [1.82, 2.24) is 18.4 Å². The summed E-state index contributed by atoms with van der Waals surface area (Å²) >= 11 is 6.93. The van der Waals surface area contributed by atoms with E-state index in [-0.39, 0.29) is 22.5 Å². The number of pyridine rings is 1. The van der Waals surface area contributed by atoms with Crippen molar-refractivity contribution in [3.63, 3.8) is 0 Å². The molecule has 1 saturated heterocycles. The van der Waals surface area contributed by atoms with Crippen LogP contribution >= 0.6 is 22.9 Å². The third kappa shape index (κ3) is 3.29. The number of ether oxygens (including phenoxy) is 1. The number of fused-ring (bicyclic) bond motifs is 1. The lowest BCUT2D eigenvalue weighted by molar-refractivity contribution is 0.187. The number of sulfonamides is 1. The van der Waals surface area contributed by atoms with E-state index in [1.54, 1.807) is 34.6 Å². The van der Waals surface area contributed by atoms with Gasteiger partial charge >= 0.3 is 5.69 Å². The lowest BCUT2D eigenvalue weighted by atomic mass is 10.2. The Kier molecular flexibility index (Phi) is 5.32. The summed E-state index contributed by atoms with van der Waals surface area (Å²) in [5.41, 5.74) is 1.08.